The molecular weight excluding hydrogens is 288 g/mol. The zero-order valence-corrected chi connectivity index (χ0v) is 11.0. The number of ether oxygens (including phenoxy) is 2. The van der Waals surface area contributed by atoms with Gasteiger partial charge in [-0.2, -0.15) is 0 Å². The van der Waals surface area contributed by atoms with Crippen LogP contribution >= 0.6 is 15.9 Å². The van der Waals surface area contributed by atoms with Gasteiger partial charge >= 0.3 is 5.97 Å². The molecule has 4 nitrogen and oxygen atoms in total. The van der Waals surface area contributed by atoms with Crippen molar-refractivity contribution < 1.29 is 19.1 Å². The first-order valence-electron chi connectivity index (χ1n) is 5.11. The van der Waals surface area contributed by atoms with E-state index < -0.39 is 0 Å². The van der Waals surface area contributed by atoms with E-state index in [-0.39, 0.29) is 5.97 Å². The van der Waals surface area contributed by atoms with E-state index >= 15 is 0 Å². The highest BCUT2D eigenvalue weighted by atomic mass is 79.9. The van der Waals surface area contributed by atoms with E-state index in [9.17, 15) is 9.59 Å². The van der Waals surface area contributed by atoms with Crippen LogP contribution in [0.25, 0.3) is 0 Å². The summed E-state index contributed by atoms with van der Waals surface area (Å²) in [5.41, 5.74) is 0.537. The lowest BCUT2D eigenvalue weighted by Crippen LogP contribution is -2.04. The molecule has 1 aromatic rings. The van der Waals surface area contributed by atoms with Crippen molar-refractivity contribution >= 4 is 28.2 Å². The topological polar surface area (TPSA) is 52.6 Å². The Kier molecular flexibility index (Phi) is 5.69. The average molecular weight is 301 g/mol. The fraction of sp³-hybridized carbons (Fsp3) is 0.333. The number of methoxy groups -OCH3 is 1. The normalized spacial score (nSPS) is 9.76. The molecule has 0 amide bonds. The molecule has 0 N–H and O–H groups in total. The molecular formula is C12H13BrO4. The number of carbonyl (C=O) groups excluding carboxylic acids is 2. The Bertz CT molecular complexity index is 403. The third-order valence-corrected chi connectivity index (χ3v) is 2.84. The Balaban J connectivity index is 2.42. The summed E-state index contributed by atoms with van der Waals surface area (Å²) in [4.78, 5) is 21.5. The summed E-state index contributed by atoms with van der Waals surface area (Å²) < 4.78 is 10.6. The van der Waals surface area contributed by atoms with E-state index in [0.29, 0.717) is 30.8 Å². The maximum absolute atomic E-state index is 10.8. The summed E-state index contributed by atoms with van der Waals surface area (Å²) in [5.74, 6) is 0.359. The maximum Gasteiger partial charge on any atom is 0.305 e. The van der Waals surface area contributed by atoms with Gasteiger partial charge in [-0.25, -0.2) is 0 Å². The van der Waals surface area contributed by atoms with Crippen molar-refractivity contribution in [3.63, 3.8) is 0 Å². The molecule has 92 valence electrons. The van der Waals surface area contributed by atoms with Gasteiger partial charge in [0.15, 0.2) is 6.29 Å². The van der Waals surface area contributed by atoms with Gasteiger partial charge in [-0.1, -0.05) is 15.9 Å². The fourth-order valence-electron chi connectivity index (χ4n) is 1.21. The van der Waals surface area contributed by atoms with Gasteiger partial charge in [0.1, 0.15) is 5.75 Å². The number of hydrogen-bond acceptors (Lipinski definition) is 4. The van der Waals surface area contributed by atoms with Crippen LogP contribution in [-0.4, -0.2) is 26.0 Å². The second kappa shape index (κ2) is 7.06. The highest BCUT2D eigenvalue weighted by Crippen LogP contribution is 2.21. The van der Waals surface area contributed by atoms with Crippen molar-refractivity contribution in [2.24, 2.45) is 0 Å². The predicted octanol–water partition coefficient (Wildman–Crippen LogP) is 2.59. The van der Waals surface area contributed by atoms with Gasteiger partial charge in [-0.3, -0.25) is 9.59 Å². The number of aldehydes is 1. The minimum Gasteiger partial charge on any atom is -0.494 e. The average Bonchev–Trinajstić information content (AvgIpc) is 2.36. The fourth-order valence-corrected chi connectivity index (χ4v) is 1.55. The largest absolute Gasteiger partial charge is 0.494 e. The quantitative estimate of drug-likeness (QED) is 0.460. The number of hydrogen-bond donors (Lipinski definition) is 0. The standard InChI is InChI=1S/C12H13BrO4/c1-16-12(15)3-2-6-17-10-4-5-11(13)9(7-10)8-14/h4-5,7-8H,2-3,6H2,1H3. The van der Waals surface area contributed by atoms with Crippen molar-refractivity contribution in [2.45, 2.75) is 12.8 Å². The van der Waals surface area contributed by atoms with Crippen molar-refractivity contribution in [2.75, 3.05) is 13.7 Å². The third kappa shape index (κ3) is 4.56. The van der Waals surface area contributed by atoms with Crippen LogP contribution in [0, 0.1) is 0 Å². The number of halogens is 1. The molecule has 0 aliphatic rings. The molecule has 0 radical (unpaired) electrons. The van der Waals surface area contributed by atoms with Crippen molar-refractivity contribution in [1.29, 1.82) is 0 Å². The molecule has 0 heterocycles. The highest BCUT2D eigenvalue weighted by molar-refractivity contribution is 9.10. The Morgan fingerprint density at radius 3 is 2.88 bits per heavy atom. The number of esters is 1. The molecule has 17 heavy (non-hydrogen) atoms. The lowest BCUT2D eigenvalue weighted by molar-refractivity contribution is -0.140. The molecule has 1 rings (SSSR count). The smallest absolute Gasteiger partial charge is 0.305 e. The van der Waals surface area contributed by atoms with E-state index in [2.05, 4.69) is 20.7 Å². The molecule has 0 atom stereocenters. The molecule has 0 unspecified atom stereocenters. The van der Waals surface area contributed by atoms with Crippen LogP contribution in [0.3, 0.4) is 0 Å². The van der Waals surface area contributed by atoms with Gasteiger partial charge in [0, 0.05) is 16.5 Å². The summed E-state index contributed by atoms with van der Waals surface area (Å²) >= 11 is 3.25. The number of benzene rings is 1. The summed E-state index contributed by atoms with van der Waals surface area (Å²) in [7, 11) is 1.36. The summed E-state index contributed by atoms with van der Waals surface area (Å²) in [6.45, 7) is 0.412. The Labute approximate surface area is 108 Å². The van der Waals surface area contributed by atoms with E-state index in [4.69, 9.17) is 4.74 Å². The highest BCUT2D eigenvalue weighted by Gasteiger charge is 2.03. The van der Waals surface area contributed by atoms with Crippen LogP contribution in [0.2, 0.25) is 0 Å². The van der Waals surface area contributed by atoms with Crippen LogP contribution in [0.1, 0.15) is 23.2 Å². The zero-order chi connectivity index (χ0) is 12.7. The number of rotatable bonds is 6. The van der Waals surface area contributed by atoms with E-state index in [0.717, 1.165) is 10.8 Å². The number of carbonyl (C=O) groups is 2. The minimum atomic E-state index is -0.252. The van der Waals surface area contributed by atoms with Crippen LogP contribution in [0.15, 0.2) is 22.7 Å². The van der Waals surface area contributed by atoms with Crippen LogP contribution in [0.5, 0.6) is 5.75 Å². The minimum absolute atomic E-state index is 0.252. The molecule has 0 fully saturated rings. The van der Waals surface area contributed by atoms with Gasteiger partial charge < -0.3 is 9.47 Å². The summed E-state index contributed by atoms with van der Waals surface area (Å²) in [6, 6.07) is 5.16. The molecule has 5 heteroatoms. The van der Waals surface area contributed by atoms with Gasteiger partial charge in [-0.05, 0) is 24.6 Å². The third-order valence-electron chi connectivity index (χ3n) is 2.12. The van der Waals surface area contributed by atoms with Gasteiger partial charge in [0.05, 0.1) is 13.7 Å². The first kappa shape index (κ1) is 13.7. The van der Waals surface area contributed by atoms with E-state index in [1.165, 1.54) is 7.11 Å². The molecule has 0 spiro atoms. The SMILES string of the molecule is COC(=O)CCCOc1ccc(Br)c(C=O)c1. The van der Waals surface area contributed by atoms with E-state index in [1.807, 2.05) is 0 Å². The molecule has 1 aromatic carbocycles. The van der Waals surface area contributed by atoms with Gasteiger partial charge in [-0.15, -0.1) is 0 Å². The summed E-state index contributed by atoms with van der Waals surface area (Å²) in [6.07, 6.45) is 1.66. The Hall–Kier alpha value is -1.36. The molecule has 0 aliphatic heterocycles. The van der Waals surface area contributed by atoms with Crippen molar-refractivity contribution in [3.05, 3.63) is 28.2 Å². The molecule has 0 aliphatic carbocycles. The van der Waals surface area contributed by atoms with Crippen LogP contribution in [0.4, 0.5) is 0 Å². The first-order valence-corrected chi connectivity index (χ1v) is 5.91. The summed E-state index contributed by atoms with van der Waals surface area (Å²) in [5, 5.41) is 0. The second-order valence-electron chi connectivity index (χ2n) is 3.33. The van der Waals surface area contributed by atoms with Crippen LogP contribution < -0.4 is 4.74 Å². The molecule has 0 aromatic heterocycles. The Morgan fingerprint density at radius 1 is 1.47 bits per heavy atom. The van der Waals surface area contributed by atoms with Gasteiger partial charge in [0.25, 0.3) is 0 Å². The molecule has 0 bridgehead atoms. The zero-order valence-electron chi connectivity index (χ0n) is 9.44. The van der Waals surface area contributed by atoms with Crippen molar-refractivity contribution in [1.82, 2.24) is 0 Å². The monoisotopic (exact) mass is 300 g/mol. The van der Waals surface area contributed by atoms with E-state index in [1.54, 1.807) is 18.2 Å². The molecule has 0 saturated carbocycles. The first-order chi connectivity index (χ1) is 8.17. The Morgan fingerprint density at radius 2 is 2.24 bits per heavy atom. The van der Waals surface area contributed by atoms with Gasteiger partial charge in [0.2, 0.25) is 0 Å². The lowest BCUT2D eigenvalue weighted by atomic mass is 10.2. The second-order valence-corrected chi connectivity index (χ2v) is 4.18. The lowest BCUT2D eigenvalue weighted by Gasteiger charge is -2.06. The van der Waals surface area contributed by atoms with Crippen LogP contribution in [-0.2, 0) is 9.53 Å². The van der Waals surface area contributed by atoms with Crippen molar-refractivity contribution in [3.8, 4) is 5.75 Å². The predicted molar refractivity (Wildman–Crippen MR) is 66.3 cm³/mol. The maximum atomic E-state index is 10.8. The molecule has 0 saturated heterocycles.